The van der Waals surface area contributed by atoms with E-state index in [1.807, 2.05) is 48.7 Å². The fourth-order valence-electron chi connectivity index (χ4n) is 3.25. The Balaban J connectivity index is 1.68. The summed E-state index contributed by atoms with van der Waals surface area (Å²) in [5, 5.41) is 4.72. The average Bonchev–Trinajstić information content (AvgIpc) is 3.21. The molecule has 0 saturated heterocycles. The summed E-state index contributed by atoms with van der Waals surface area (Å²) in [5.41, 5.74) is 3.53. The van der Waals surface area contributed by atoms with Crippen LogP contribution in [0, 0.1) is 6.92 Å². The lowest BCUT2D eigenvalue weighted by molar-refractivity contribution is -0.116. The van der Waals surface area contributed by atoms with E-state index in [-0.39, 0.29) is 10.8 Å². The van der Waals surface area contributed by atoms with Gasteiger partial charge in [0.05, 0.1) is 10.9 Å². The highest BCUT2D eigenvalue weighted by Gasteiger charge is 2.25. The van der Waals surface area contributed by atoms with Crippen LogP contribution in [0.5, 0.6) is 0 Å². The number of benzene rings is 2. The predicted octanol–water partition coefficient (Wildman–Crippen LogP) is 4.01. The maximum atomic E-state index is 13.1. The number of hydrogen-bond acceptors (Lipinski definition) is 4. The fraction of sp³-hybridized carbons (Fsp3) is 0.190. The second-order valence-electron chi connectivity index (χ2n) is 6.85. The zero-order chi connectivity index (χ0) is 19.7. The van der Waals surface area contributed by atoms with Gasteiger partial charge in [0.25, 0.3) is 0 Å². The minimum absolute atomic E-state index is 0.0432. The first kappa shape index (κ1) is 18.9. The maximum absolute atomic E-state index is 13.1. The number of hydrogen-bond donors (Lipinski definition) is 2. The lowest BCUT2D eigenvalue weighted by Gasteiger charge is -2.20. The van der Waals surface area contributed by atoms with Gasteiger partial charge in [0, 0.05) is 17.0 Å². The van der Waals surface area contributed by atoms with Crippen LogP contribution in [-0.4, -0.2) is 14.3 Å². The average molecular weight is 413 g/mol. The molecule has 0 radical (unpaired) electrons. The smallest absolute Gasteiger partial charge is 0.241 e. The third-order valence-corrected chi connectivity index (χ3v) is 7.15. The molecule has 0 unspecified atom stereocenters. The monoisotopic (exact) mass is 412 g/mol. The van der Waals surface area contributed by atoms with Gasteiger partial charge in [-0.3, -0.25) is 4.79 Å². The van der Waals surface area contributed by atoms with Crippen LogP contribution in [0.4, 0.5) is 5.69 Å². The van der Waals surface area contributed by atoms with Crippen molar-refractivity contribution in [1.82, 2.24) is 4.72 Å². The van der Waals surface area contributed by atoms with Crippen LogP contribution in [0.2, 0.25) is 0 Å². The molecule has 5 nitrogen and oxygen atoms in total. The molecule has 4 rings (SSSR count). The van der Waals surface area contributed by atoms with Crippen molar-refractivity contribution in [3.63, 3.8) is 0 Å². The van der Waals surface area contributed by atoms with Gasteiger partial charge in [-0.2, -0.15) is 4.72 Å². The Morgan fingerprint density at radius 3 is 2.57 bits per heavy atom. The summed E-state index contributed by atoms with van der Waals surface area (Å²) < 4.78 is 29.1. The van der Waals surface area contributed by atoms with Crippen molar-refractivity contribution in [3.8, 4) is 0 Å². The highest BCUT2D eigenvalue weighted by Crippen LogP contribution is 2.30. The van der Waals surface area contributed by atoms with E-state index in [9.17, 15) is 13.2 Å². The third kappa shape index (κ3) is 3.87. The molecular formula is C21H20N2O3S2. The van der Waals surface area contributed by atoms with Crippen LogP contribution in [-0.2, 0) is 21.2 Å². The van der Waals surface area contributed by atoms with Crippen molar-refractivity contribution in [2.75, 3.05) is 5.32 Å². The topological polar surface area (TPSA) is 75.3 Å². The summed E-state index contributed by atoms with van der Waals surface area (Å²) in [6, 6.07) is 16.1. The van der Waals surface area contributed by atoms with E-state index in [0.29, 0.717) is 18.5 Å². The van der Waals surface area contributed by atoms with Crippen molar-refractivity contribution in [2.45, 2.75) is 30.7 Å². The van der Waals surface area contributed by atoms with Gasteiger partial charge in [-0.25, -0.2) is 8.42 Å². The van der Waals surface area contributed by atoms with Crippen LogP contribution >= 0.6 is 11.3 Å². The molecule has 0 bridgehead atoms. The van der Waals surface area contributed by atoms with Crippen molar-refractivity contribution < 1.29 is 13.2 Å². The van der Waals surface area contributed by atoms with Crippen LogP contribution in [0.15, 0.2) is 64.9 Å². The summed E-state index contributed by atoms with van der Waals surface area (Å²) in [6.07, 6.45) is 0.905. The first-order chi connectivity index (χ1) is 13.4. The van der Waals surface area contributed by atoms with Crippen LogP contribution in [0.1, 0.15) is 34.0 Å². The van der Waals surface area contributed by atoms with Crippen molar-refractivity contribution in [3.05, 3.63) is 81.5 Å². The molecular weight excluding hydrogens is 392 g/mol. The summed E-state index contributed by atoms with van der Waals surface area (Å²) in [4.78, 5) is 12.7. The molecule has 0 fully saturated rings. The normalized spacial score (nSPS) is 15.0. The molecule has 28 heavy (non-hydrogen) atoms. The van der Waals surface area contributed by atoms with E-state index in [1.165, 1.54) is 17.4 Å². The zero-order valence-corrected chi connectivity index (χ0v) is 16.9. The second-order valence-corrected chi connectivity index (χ2v) is 9.54. The van der Waals surface area contributed by atoms with Gasteiger partial charge in [-0.1, -0.05) is 35.9 Å². The van der Waals surface area contributed by atoms with Gasteiger partial charge in [-0.15, -0.1) is 11.3 Å². The summed E-state index contributed by atoms with van der Waals surface area (Å²) >= 11 is 1.51. The predicted molar refractivity (Wildman–Crippen MR) is 111 cm³/mol. The molecule has 2 N–H and O–H groups in total. The van der Waals surface area contributed by atoms with E-state index in [1.54, 1.807) is 12.1 Å². The van der Waals surface area contributed by atoms with E-state index in [0.717, 1.165) is 21.6 Å². The molecule has 7 heteroatoms. The first-order valence-corrected chi connectivity index (χ1v) is 11.3. The molecule has 1 atom stereocenters. The van der Waals surface area contributed by atoms with Gasteiger partial charge in [-0.05, 0) is 54.1 Å². The van der Waals surface area contributed by atoms with Crippen molar-refractivity contribution in [1.29, 1.82) is 0 Å². The van der Waals surface area contributed by atoms with Gasteiger partial charge >= 0.3 is 0 Å². The number of thiophene rings is 1. The molecule has 2 aromatic carbocycles. The van der Waals surface area contributed by atoms with Crippen LogP contribution in [0.3, 0.4) is 0 Å². The largest absolute Gasteiger partial charge is 0.326 e. The second kappa shape index (κ2) is 7.50. The van der Waals surface area contributed by atoms with E-state index < -0.39 is 16.1 Å². The van der Waals surface area contributed by atoms with E-state index in [2.05, 4.69) is 10.0 Å². The van der Waals surface area contributed by atoms with Crippen molar-refractivity contribution >= 4 is 33.0 Å². The summed E-state index contributed by atoms with van der Waals surface area (Å²) in [5.74, 6) is -0.0432. The Labute approximate surface area is 168 Å². The Bertz CT molecular complexity index is 1110. The SMILES string of the molecule is Cc1ccc([C@@H](NS(=O)(=O)c2ccc3c(c2)CCC(=O)N3)c2cccs2)cc1. The number of carbonyl (C=O) groups is 1. The van der Waals surface area contributed by atoms with Gasteiger partial charge in [0.15, 0.2) is 0 Å². The minimum atomic E-state index is -3.75. The zero-order valence-electron chi connectivity index (χ0n) is 15.3. The molecule has 1 amide bonds. The maximum Gasteiger partial charge on any atom is 0.241 e. The molecule has 1 aliphatic heterocycles. The van der Waals surface area contributed by atoms with Gasteiger partial charge in [0.2, 0.25) is 15.9 Å². The highest BCUT2D eigenvalue weighted by molar-refractivity contribution is 7.89. The number of sulfonamides is 1. The molecule has 0 aliphatic carbocycles. The Hall–Kier alpha value is -2.48. The molecule has 3 aromatic rings. The minimum Gasteiger partial charge on any atom is -0.326 e. The number of fused-ring (bicyclic) bond motifs is 1. The third-order valence-electron chi connectivity index (χ3n) is 4.79. The lowest BCUT2D eigenvalue weighted by atomic mass is 10.0. The molecule has 0 saturated carbocycles. The van der Waals surface area contributed by atoms with Gasteiger partial charge in [0.1, 0.15) is 0 Å². The number of anilines is 1. The Morgan fingerprint density at radius 1 is 1.07 bits per heavy atom. The number of nitrogens with one attached hydrogen (secondary N) is 2. The molecule has 0 spiro atoms. The first-order valence-electron chi connectivity index (χ1n) is 8.97. The lowest BCUT2D eigenvalue weighted by Crippen LogP contribution is -2.29. The Kier molecular flexibility index (Phi) is 5.05. The standard InChI is InChI=1S/C21H20N2O3S2/c1-14-4-6-15(7-5-14)21(19-3-2-12-27-19)23-28(25,26)17-9-10-18-16(13-17)8-11-20(24)22-18/h2-7,9-10,12-13,21,23H,8,11H2,1H3,(H,22,24)/t21-/m1/s1. The number of carbonyl (C=O) groups excluding carboxylic acids is 1. The number of rotatable bonds is 5. The number of amides is 1. The van der Waals surface area contributed by atoms with E-state index >= 15 is 0 Å². The Morgan fingerprint density at radius 2 is 1.86 bits per heavy atom. The van der Waals surface area contributed by atoms with E-state index in [4.69, 9.17) is 0 Å². The molecule has 1 aliphatic rings. The number of aryl methyl sites for hydroxylation is 2. The van der Waals surface area contributed by atoms with Gasteiger partial charge < -0.3 is 5.32 Å². The summed E-state index contributed by atoms with van der Waals surface area (Å²) in [6.45, 7) is 2.00. The molecule has 1 aromatic heterocycles. The fourth-order valence-corrected chi connectivity index (χ4v) is 5.39. The van der Waals surface area contributed by atoms with Crippen molar-refractivity contribution in [2.24, 2.45) is 0 Å². The summed E-state index contributed by atoms with van der Waals surface area (Å²) in [7, 11) is -3.75. The van der Waals surface area contributed by atoms with Crippen LogP contribution < -0.4 is 10.0 Å². The molecule has 144 valence electrons. The quantitative estimate of drug-likeness (QED) is 0.665. The highest BCUT2D eigenvalue weighted by atomic mass is 32.2. The molecule has 2 heterocycles. The van der Waals surface area contributed by atoms with Crippen LogP contribution in [0.25, 0.3) is 0 Å².